The van der Waals surface area contributed by atoms with Crippen molar-refractivity contribution in [2.45, 2.75) is 6.54 Å². The fourth-order valence-electron chi connectivity index (χ4n) is 1.57. The van der Waals surface area contributed by atoms with Gasteiger partial charge in [-0.05, 0) is 29.8 Å². The molecule has 0 unspecified atom stereocenters. The molecular formula is C14H11BrN2. The molecule has 17 heavy (non-hydrogen) atoms. The molecule has 0 spiro atoms. The number of hydrogen-bond donors (Lipinski definition) is 0. The Labute approximate surface area is 109 Å². The van der Waals surface area contributed by atoms with Gasteiger partial charge in [0.1, 0.15) is 0 Å². The third-order valence-electron chi connectivity index (χ3n) is 2.44. The Balaban J connectivity index is 2.18. The third kappa shape index (κ3) is 3.08. The van der Waals surface area contributed by atoms with Gasteiger partial charge in [-0.25, -0.2) is 0 Å². The molecule has 0 aliphatic carbocycles. The number of hydrogen-bond acceptors (Lipinski definition) is 2. The van der Waals surface area contributed by atoms with Crippen molar-refractivity contribution in [3.05, 3.63) is 64.6 Å². The van der Waals surface area contributed by atoms with Crippen LogP contribution in [0.15, 0.2) is 59.1 Å². The van der Waals surface area contributed by atoms with Crippen LogP contribution in [-0.2, 0) is 6.54 Å². The molecule has 2 aromatic carbocycles. The molecule has 0 aliphatic rings. The van der Waals surface area contributed by atoms with Crippen LogP contribution in [-0.4, -0.2) is 0 Å². The van der Waals surface area contributed by atoms with Gasteiger partial charge in [0.05, 0.1) is 12.2 Å². The van der Waals surface area contributed by atoms with Crippen molar-refractivity contribution >= 4 is 21.6 Å². The maximum absolute atomic E-state index is 9.17. The number of halogens is 1. The van der Waals surface area contributed by atoms with Gasteiger partial charge in [0, 0.05) is 4.47 Å². The highest BCUT2D eigenvalue weighted by Gasteiger charge is 2.05. The van der Waals surface area contributed by atoms with E-state index in [-0.39, 0.29) is 0 Å². The van der Waals surface area contributed by atoms with Gasteiger partial charge in [0.15, 0.2) is 6.19 Å². The van der Waals surface area contributed by atoms with Gasteiger partial charge < -0.3 is 0 Å². The van der Waals surface area contributed by atoms with Crippen LogP contribution >= 0.6 is 15.9 Å². The number of rotatable bonds is 3. The van der Waals surface area contributed by atoms with Crippen molar-refractivity contribution in [3.8, 4) is 6.19 Å². The smallest absolute Gasteiger partial charge is 0.184 e. The summed E-state index contributed by atoms with van der Waals surface area (Å²) in [6.45, 7) is 0.596. The van der Waals surface area contributed by atoms with Crippen LogP contribution in [0.5, 0.6) is 0 Å². The van der Waals surface area contributed by atoms with Crippen molar-refractivity contribution in [2.75, 3.05) is 4.90 Å². The van der Waals surface area contributed by atoms with Crippen molar-refractivity contribution in [2.24, 2.45) is 0 Å². The van der Waals surface area contributed by atoms with Crippen LogP contribution in [0.2, 0.25) is 0 Å². The van der Waals surface area contributed by atoms with E-state index >= 15 is 0 Å². The number of nitrogens with zero attached hydrogens (tertiary/aromatic N) is 2. The largest absolute Gasteiger partial charge is 0.275 e. The molecule has 0 atom stereocenters. The molecule has 2 rings (SSSR count). The lowest BCUT2D eigenvalue weighted by Gasteiger charge is -2.15. The van der Waals surface area contributed by atoms with E-state index in [1.807, 2.05) is 54.6 Å². The van der Waals surface area contributed by atoms with Gasteiger partial charge in [-0.15, -0.1) is 0 Å². The van der Waals surface area contributed by atoms with Crippen LogP contribution in [0.25, 0.3) is 0 Å². The van der Waals surface area contributed by atoms with Crippen molar-refractivity contribution in [1.82, 2.24) is 0 Å². The van der Waals surface area contributed by atoms with E-state index in [2.05, 4.69) is 22.1 Å². The third-order valence-corrected chi connectivity index (χ3v) is 2.97. The Kier molecular flexibility index (Phi) is 3.79. The minimum absolute atomic E-state index is 0.596. The highest BCUT2D eigenvalue weighted by molar-refractivity contribution is 9.10. The maximum atomic E-state index is 9.17. The predicted molar refractivity (Wildman–Crippen MR) is 72.4 cm³/mol. The van der Waals surface area contributed by atoms with Crippen LogP contribution in [0, 0.1) is 11.5 Å². The molecule has 0 bridgehead atoms. The van der Waals surface area contributed by atoms with Crippen LogP contribution in [0.1, 0.15) is 5.56 Å². The topological polar surface area (TPSA) is 27.0 Å². The molecule has 0 radical (unpaired) electrons. The molecule has 0 heterocycles. The van der Waals surface area contributed by atoms with Crippen molar-refractivity contribution in [3.63, 3.8) is 0 Å². The summed E-state index contributed by atoms with van der Waals surface area (Å²) in [6, 6.07) is 17.7. The molecule has 3 heteroatoms. The quantitative estimate of drug-likeness (QED) is 0.631. The number of anilines is 1. The fraction of sp³-hybridized carbons (Fsp3) is 0.0714. The second kappa shape index (κ2) is 5.51. The number of nitriles is 1. The summed E-state index contributed by atoms with van der Waals surface area (Å²) < 4.78 is 1.01. The van der Waals surface area contributed by atoms with E-state index in [1.165, 1.54) is 0 Å². The summed E-state index contributed by atoms with van der Waals surface area (Å²) in [5.41, 5.74) is 2.02. The molecule has 0 aromatic heterocycles. The summed E-state index contributed by atoms with van der Waals surface area (Å²) in [5.74, 6) is 0. The minimum Gasteiger partial charge on any atom is -0.275 e. The van der Waals surface area contributed by atoms with E-state index in [0.717, 1.165) is 15.7 Å². The molecule has 2 nitrogen and oxygen atoms in total. The molecule has 0 fully saturated rings. The lowest BCUT2D eigenvalue weighted by molar-refractivity contribution is 0.977. The van der Waals surface area contributed by atoms with E-state index < -0.39 is 0 Å². The summed E-state index contributed by atoms with van der Waals surface area (Å²) >= 11 is 3.38. The summed E-state index contributed by atoms with van der Waals surface area (Å²) in [4.78, 5) is 1.67. The first-order chi connectivity index (χ1) is 8.29. The second-order valence-corrected chi connectivity index (χ2v) is 4.56. The molecule has 84 valence electrons. The van der Waals surface area contributed by atoms with Gasteiger partial charge >= 0.3 is 0 Å². The Hall–Kier alpha value is -1.79. The monoisotopic (exact) mass is 286 g/mol. The summed E-state index contributed by atoms with van der Waals surface area (Å²) in [6.07, 6.45) is 2.20. The molecule has 2 aromatic rings. The van der Waals surface area contributed by atoms with E-state index in [4.69, 9.17) is 0 Å². The second-order valence-electron chi connectivity index (χ2n) is 3.65. The Bertz CT molecular complexity index is 514. The van der Waals surface area contributed by atoms with Gasteiger partial charge in [0.25, 0.3) is 0 Å². The highest BCUT2D eigenvalue weighted by Crippen LogP contribution is 2.19. The molecule has 0 amide bonds. The summed E-state index contributed by atoms with van der Waals surface area (Å²) in [7, 11) is 0. The van der Waals surface area contributed by atoms with E-state index in [1.54, 1.807) is 4.90 Å². The molecular weight excluding hydrogens is 276 g/mol. The average molecular weight is 287 g/mol. The fourth-order valence-corrected chi connectivity index (χ4v) is 1.84. The standard InChI is InChI=1S/C14H11BrN2/c15-13-6-8-14(9-7-13)17(11-16)10-12-4-2-1-3-5-12/h1-9H,10H2. The van der Waals surface area contributed by atoms with Crippen LogP contribution in [0.3, 0.4) is 0 Å². The molecule has 0 saturated heterocycles. The zero-order chi connectivity index (χ0) is 12.1. The van der Waals surface area contributed by atoms with Crippen molar-refractivity contribution < 1.29 is 0 Å². The SMILES string of the molecule is N#CN(Cc1ccccc1)c1ccc(Br)cc1. The van der Waals surface area contributed by atoms with Gasteiger partial charge in [-0.1, -0.05) is 46.3 Å². The number of benzene rings is 2. The predicted octanol–water partition coefficient (Wildman–Crippen LogP) is 3.94. The Morgan fingerprint density at radius 1 is 1.00 bits per heavy atom. The lowest BCUT2D eigenvalue weighted by Crippen LogP contribution is -2.15. The van der Waals surface area contributed by atoms with Crippen LogP contribution < -0.4 is 4.90 Å². The van der Waals surface area contributed by atoms with Gasteiger partial charge in [-0.2, -0.15) is 5.26 Å². The first-order valence-corrected chi connectivity index (χ1v) is 6.05. The Morgan fingerprint density at radius 3 is 2.24 bits per heavy atom. The maximum Gasteiger partial charge on any atom is 0.184 e. The zero-order valence-electron chi connectivity index (χ0n) is 9.18. The minimum atomic E-state index is 0.596. The Morgan fingerprint density at radius 2 is 1.65 bits per heavy atom. The molecule has 0 saturated carbocycles. The first kappa shape index (κ1) is 11.7. The van der Waals surface area contributed by atoms with E-state index in [9.17, 15) is 5.26 Å². The van der Waals surface area contributed by atoms with E-state index in [0.29, 0.717) is 6.54 Å². The van der Waals surface area contributed by atoms with Gasteiger partial charge in [0.2, 0.25) is 0 Å². The molecule has 0 N–H and O–H groups in total. The van der Waals surface area contributed by atoms with Crippen LogP contribution in [0.4, 0.5) is 5.69 Å². The zero-order valence-corrected chi connectivity index (χ0v) is 10.8. The average Bonchev–Trinajstić information content (AvgIpc) is 2.38. The normalized spacial score (nSPS) is 9.65. The lowest BCUT2D eigenvalue weighted by atomic mass is 10.2. The van der Waals surface area contributed by atoms with Crippen molar-refractivity contribution in [1.29, 1.82) is 5.26 Å². The van der Waals surface area contributed by atoms with Gasteiger partial charge in [-0.3, -0.25) is 4.90 Å². The summed E-state index contributed by atoms with van der Waals surface area (Å²) in [5, 5.41) is 9.17. The first-order valence-electron chi connectivity index (χ1n) is 5.26. The molecule has 0 aliphatic heterocycles. The highest BCUT2D eigenvalue weighted by atomic mass is 79.9.